The molecule has 0 unspecified atom stereocenters. The molecule has 2 amide bonds. The molecule has 0 aromatic heterocycles. The minimum absolute atomic E-state index is 0.0144. The summed E-state index contributed by atoms with van der Waals surface area (Å²) in [6.45, 7) is 4.62. The maximum atomic E-state index is 12.5. The van der Waals surface area contributed by atoms with Crippen molar-refractivity contribution in [3.05, 3.63) is 64.7 Å². The van der Waals surface area contributed by atoms with E-state index in [0.29, 0.717) is 12.1 Å². The maximum absolute atomic E-state index is 12.5. The SMILES string of the molecule is Cc1ccc(C(=O)NCC(=O)N2CCCc3ccccc32)c(C)c1. The smallest absolute Gasteiger partial charge is 0.251 e. The van der Waals surface area contributed by atoms with Crippen molar-refractivity contribution in [1.82, 2.24) is 5.32 Å². The van der Waals surface area contributed by atoms with Gasteiger partial charge in [-0.1, -0.05) is 35.9 Å². The second-order valence-electron chi connectivity index (χ2n) is 6.28. The predicted molar refractivity (Wildman–Crippen MR) is 95.4 cm³/mol. The van der Waals surface area contributed by atoms with Gasteiger partial charge in [0.1, 0.15) is 0 Å². The van der Waals surface area contributed by atoms with Gasteiger partial charge in [0.2, 0.25) is 5.91 Å². The summed E-state index contributed by atoms with van der Waals surface area (Å²) in [6.07, 6.45) is 1.95. The fourth-order valence-corrected chi connectivity index (χ4v) is 3.21. The number of hydrogen-bond donors (Lipinski definition) is 1. The summed E-state index contributed by atoms with van der Waals surface area (Å²) in [4.78, 5) is 26.7. The Morgan fingerprint density at radius 3 is 2.71 bits per heavy atom. The Morgan fingerprint density at radius 2 is 1.92 bits per heavy atom. The van der Waals surface area contributed by atoms with Crippen molar-refractivity contribution < 1.29 is 9.59 Å². The first-order valence-electron chi connectivity index (χ1n) is 8.30. The number of aryl methyl sites for hydroxylation is 3. The summed E-state index contributed by atoms with van der Waals surface area (Å²) in [7, 11) is 0. The van der Waals surface area contributed by atoms with E-state index in [4.69, 9.17) is 0 Å². The lowest BCUT2D eigenvalue weighted by Crippen LogP contribution is -2.42. The van der Waals surface area contributed by atoms with Crippen molar-refractivity contribution in [3.63, 3.8) is 0 Å². The van der Waals surface area contributed by atoms with Crippen molar-refractivity contribution in [2.75, 3.05) is 18.0 Å². The molecule has 124 valence electrons. The highest BCUT2D eigenvalue weighted by molar-refractivity contribution is 6.01. The van der Waals surface area contributed by atoms with Gasteiger partial charge in [0.25, 0.3) is 5.91 Å². The summed E-state index contributed by atoms with van der Waals surface area (Å²) in [5.41, 5.74) is 4.81. The molecule has 0 spiro atoms. The number of rotatable bonds is 3. The third-order valence-corrected chi connectivity index (χ3v) is 4.44. The first kappa shape index (κ1) is 16.2. The molecule has 3 rings (SSSR count). The van der Waals surface area contributed by atoms with Gasteiger partial charge < -0.3 is 10.2 Å². The molecule has 0 atom stereocenters. The number of anilines is 1. The molecule has 2 aromatic carbocycles. The van der Waals surface area contributed by atoms with Crippen molar-refractivity contribution in [2.24, 2.45) is 0 Å². The van der Waals surface area contributed by atoms with E-state index in [1.54, 1.807) is 11.0 Å². The van der Waals surface area contributed by atoms with E-state index in [1.807, 2.05) is 44.2 Å². The minimum Gasteiger partial charge on any atom is -0.343 e. The molecule has 0 aliphatic carbocycles. The highest BCUT2D eigenvalue weighted by Crippen LogP contribution is 2.26. The number of amides is 2. The molecule has 0 radical (unpaired) electrons. The Morgan fingerprint density at radius 1 is 1.12 bits per heavy atom. The van der Waals surface area contributed by atoms with Gasteiger partial charge in [-0.3, -0.25) is 9.59 Å². The van der Waals surface area contributed by atoms with E-state index >= 15 is 0 Å². The second-order valence-corrected chi connectivity index (χ2v) is 6.28. The minimum atomic E-state index is -0.203. The maximum Gasteiger partial charge on any atom is 0.251 e. The molecular weight excluding hydrogens is 300 g/mol. The van der Waals surface area contributed by atoms with E-state index in [2.05, 4.69) is 11.4 Å². The molecule has 0 fully saturated rings. The largest absolute Gasteiger partial charge is 0.343 e. The van der Waals surface area contributed by atoms with Gasteiger partial charge in [-0.2, -0.15) is 0 Å². The van der Waals surface area contributed by atoms with Gasteiger partial charge in [0.05, 0.1) is 6.54 Å². The zero-order valence-electron chi connectivity index (χ0n) is 14.1. The van der Waals surface area contributed by atoms with Crippen molar-refractivity contribution in [1.29, 1.82) is 0 Å². The molecule has 1 aliphatic rings. The van der Waals surface area contributed by atoms with E-state index in [9.17, 15) is 9.59 Å². The number of nitrogens with zero attached hydrogens (tertiary/aromatic N) is 1. The van der Waals surface area contributed by atoms with Crippen molar-refractivity contribution >= 4 is 17.5 Å². The first-order chi connectivity index (χ1) is 11.6. The zero-order chi connectivity index (χ0) is 17.1. The molecule has 1 N–H and O–H groups in total. The van der Waals surface area contributed by atoms with Crippen LogP contribution in [0.4, 0.5) is 5.69 Å². The molecule has 4 nitrogen and oxygen atoms in total. The highest BCUT2D eigenvalue weighted by Gasteiger charge is 2.22. The number of fused-ring (bicyclic) bond motifs is 1. The van der Waals surface area contributed by atoms with Crippen LogP contribution in [0.25, 0.3) is 0 Å². The predicted octanol–water partition coefficient (Wildman–Crippen LogP) is 3.01. The van der Waals surface area contributed by atoms with Crippen LogP contribution in [0, 0.1) is 13.8 Å². The lowest BCUT2D eigenvalue weighted by atomic mass is 10.0. The Labute approximate surface area is 142 Å². The van der Waals surface area contributed by atoms with Crippen LogP contribution in [0.1, 0.15) is 33.5 Å². The number of nitrogens with one attached hydrogen (secondary N) is 1. The summed E-state index contributed by atoms with van der Waals surface area (Å²) in [6, 6.07) is 13.7. The summed E-state index contributed by atoms with van der Waals surface area (Å²) in [5, 5.41) is 2.76. The Balaban J connectivity index is 1.67. The average molecular weight is 322 g/mol. The molecule has 1 heterocycles. The number of benzene rings is 2. The molecule has 0 bridgehead atoms. The molecule has 24 heavy (non-hydrogen) atoms. The van der Waals surface area contributed by atoms with E-state index < -0.39 is 0 Å². The van der Waals surface area contributed by atoms with Gasteiger partial charge in [-0.15, -0.1) is 0 Å². The van der Waals surface area contributed by atoms with Crippen molar-refractivity contribution in [3.8, 4) is 0 Å². The summed E-state index contributed by atoms with van der Waals surface area (Å²) < 4.78 is 0. The fraction of sp³-hybridized carbons (Fsp3) is 0.300. The number of hydrogen-bond acceptors (Lipinski definition) is 2. The third-order valence-electron chi connectivity index (χ3n) is 4.44. The van der Waals surface area contributed by atoms with Gasteiger partial charge in [-0.25, -0.2) is 0 Å². The molecule has 0 saturated carbocycles. The fourth-order valence-electron chi connectivity index (χ4n) is 3.21. The molecule has 1 aliphatic heterocycles. The van der Waals surface area contributed by atoms with Crippen LogP contribution in [0.2, 0.25) is 0 Å². The molecular formula is C20H22N2O2. The lowest BCUT2D eigenvalue weighted by molar-refractivity contribution is -0.117. The van der Waals surface area contributed by atoms with Gasteiger partial charge in [0, 0.05) is 17.8 Å². The van der Waals surface area contributed by atoms with E-state index in [-0.39, 0.29) is 18.4 Å². The van der Waals surface area contributed by atoms with Crippen LogP contribution in [-0.2, 0) is 11.2 Å². The van der Waals surface area contributed by atoms with E-state index in [0.717, 1.165) is 29.7 Å². The van der Waals surface area contributed by atoms with Crippen LogP contribution in [0.3, 0.4) is 0 Å². The summed E-state index contributed by atoms with van der Waals surface area (Å²) in [5.74, 6) is -0.272. The molecule has 2 aromatic rings. The quantitative estimate of drug-likeness (QED) is 0.944. The molecule has 4 heteroatoms. The third kappa shape index (κ3) is 3.32. The van der Waals surface area contributed by atoms with Crippen LogP contribution in [0.15, 0.2) is 42.5 Å². The van der Waals surface area contributed by atoms with Gasteiger partial charge in [0.15, 0.2) is 0 Å². The highest BCUT2D eigenvalue weighted by atomic mass is 16.2. The topological polar surface area (TPSA) is 49.4 Å². The average Bonchev–Trinajstić information content (AvgIpc) is 2.59. The Bertz CT molecular complexity index is 783. The standard InChI is InChI=1S/C20H22N2O2/c1-14-9-10-17(15(2)12-14)20(24)21-13-19(23)22-11-5-7-16-6-3-4-8-18(16)22/h3-4,6,8-10,12H,5,7,11,13H2,1-2H3,(H,21,24). The second kappa shape index (κ2) is 6.87. The first-order valence-corrected chi connectivity index (χ1v) is 8.30. The van der Waals surface area contributed by atoms with Crippen molar-refractivity contribution in [2.45, 2.75) is 26.7 Å². The number of carbonyl (C=O) groups excluding carboxylic acids is 2. The lowest BCUT2D eigenvalue weighted by Gasteiger charge is -2.29. The summed E-state index contributed by atoms with van der Waals surface area (Å²) >= 11 is 0. The zero-order valence-corrected chi connectivity index (χ0v) is 14.1. The van der Waals surface area contributed by atoms with Crippen LogP contribution < -0.4 is 10.2 Å². The van der Waals surface area contributed by atoms with Crippen LogP contribution in [0.5, 0.6) is 0 Å². The van der Waals surface area contributed by atoms with E-state index in [1.165, 1.54) is 5.56 Å². The van der Waals surface area contributed by atoms with Crippen LogP contribution >= 0.6 is 0 Å². The van der Waals surface area contributed by atoms with Crippen LogP contribution in [-0.4, -0.2) is 24.9 Å². The number of para-hydroxylation sites is 1. The van der Waals surface area contributed by atoms with Gasteiger partial charge >= 0.3 is 0 Å². The van der Waals surface area contributed by atoms with Gasteiger partial charge in [-0.05, 0) is 49.9 Å². The Kier molecular flexibility index (Phi) is 4.65. The Hall–Kier alpha value is -2.62. The monoisotopic (exact) mass is 322 g/mol. The normalized spacial score (nSPS) is 13.3. The number of carbonyl (C=O) groups is 2. The molecule has 0 saturated heterocycles.